The average molecular weight is 124 g/mol. The summed E-state index contributed by atoms with van der Waals surface area (Å²) in [5.41, 5.74) is 1.08. The zero-order chi connectivity index (χ0) is 6.65. The normalized spacial score (nSPS) is 46.6. The predicted octanol–water partition coefficient (Wildman–Crippen LogP) is 0.735. The second-order valence-electron chi connectivity index (χ2n) is 2.98. The molecule has 2 rings (SSSR count). The predicted molar refractivity (Wildman–Crippen MR) is 31.7 cm³/mol. The fourth-order valence-electron chi connectivity index (χ4n) is 1.45. The number of ether oxygens (including phenoxy) is 1. The topological polar surface area (TPSA) is 26.3 Å². The van der Waals surface area contributed by atoms with E-state index in [1.54, 1.807) is 0 Å². The molecule has 0 spiro atoms. The molecule has 0 bridgehead atoms. The Morgan fingerprint density at radius 2 is 2.56 bits per heavy atom. The summed E-state index contributed by atoms with van der Waals surface area (Å²) in [6, 6.07) is 0. The number of cyclic esters (lactones) is 1. The van der Waals surface area contributed by atoms with Gasteiger partial charge in [-0.25, -0.2) is 0 Å². The average Bonchev–Trinajstić information content (AvgIpc) is 2.13. The molecule has 1 saturated heterocycles. The molecule has 1 heterocycles. The van der Waals surface area contributed by atoms with E-state index in [0.29, 0.717) is 6.61 Å². The minimum atomic E-state index is -0.0810. The minimum Gasteiger partial charge on any atom is -0.464 e. The van der Waals surface area contributed by atoms with E-state index in [0.717, 1.165) is 5.57 Å². The van der Waals surface area contributed by atoms with Gasteiger partial charge < -0.3 is 4.74 Å². The third-order valence-corrected chi connectivity index (χ3v) is 2.39. The monoisotopic (exact) mass is 124 g/mol. The maximum atomic E-state index is 10.7. The number of esters is 1. The highest BCUT2D eigenvalue weighted by Gasteiger charge is 2.65. The van der Waals surface area contributed by atoms with E-state index in [2.05, 4.69) is 6.58 Å². The maximum Gasteiger partial charge on any atom is 0.314 e. The molecule has 0 aromatic carbocycles. The Hall–Kier alpha value is -0.790. The molecule has 2 aliphatic rings. The van der Waals surface area contributed by atoms with E-state index >= 15 is 0 Å². The number of hydrogen-bond acceptors (Lipinski definition) is 2. The highest BCUT2D eigenvalue weighted by atomic mass is 16.5. The second kappa shape index (κ2) is 1.06. The van der Waals surface area contributed by atoms with Crippen molar-refractivity contribution in [1.82, 2.24) is 0 Å². The Morgan fingerprint density at radius 3 is 2.78 bits per heavy atom. The third kappa shape index (κ3) is 0.363. The van der Waals surface area contributed by atoms with Crippen LogP contribution in [0.2, 0.25) is 0 Å². The first-order valence-electron chi connectivity index (χ1n) is 3.02. The lowest BCUT2D eigenvalue weighted by atomic mass is 10.1. The molecule has 0 unspecified atom stereocenters. The lowest BCUT2D eigenvalue weighted by molar-refractivity contribution is -0.140. The molecule has 0 aromatic heterocycles. The van der Waals surface area contributed by atoms with Crippen molar-refractivity contribution >= 4 is 5.97 Å². The smallest absolute Gasteiger partial charge is 0.314 e. The van der Waals surface area contributed by atoms with Crippen molar-refractivity contribution in [2.24, 2.45) is 11.3 Å². The van der Waals surface area contributed by atoms with Gasteiger partial charge in [0.1, 0.15) is 6.61 Å². The molecule has 2 heteroatoms. The molecular weight excluding hydrogens is 116 g/mol. The van der Waals surface area contributed by atoms with E-state index in [1.165, 1.54) is 0 Å². The standard InChI is InChI=1S/C7H8O2/c1-4-5-6(8)9-3-7(4,5)2/h5H,1,3H2,2H3/t5-,7-/m1/s1. The van der Waals surface area contributed by atoms with Crippen LogP contribution >= 0.6 is 0 Å². The molecule has 48 valence electrons. The number of fused-ring (bicyclic) bond motifs is 1. The van der Waals surface area contributed by atoms with Crippen LogP contribution in [0.15, 0.2) is 12.2 Å². The second-order valence-corrected chi connectivity index (χ2v) is 2.98. The van der Waals surface area contributed by atoms with Gasteiger partial charge in [0, 0.05) is 5.41 Å². The lowest BCUT2D eigenvalue weighted by Crippen LogP contribution is -2.01. The van der Waals surface area contributed by atoms with Crippen LogP contribution in [0.25, 0.3) is 0 Å². The Balaban J connectivity index is 2.37. The van der Waals surface area contributed by atoms with Crippen molar-refractivity contribution in [2.45, 2.75) is 6.92 Å². The maximum absolute atomic E-state index is 10.7. The van der Waals surface area contributed by atoms with Gasteiger partial charge in [-0.3, -0.25) is 4.79 Å². The van der Waals surface area contributed by atoms with Gasteiger partial charge in [-0.15, -0.1) is 0 Å². The zero-order valence-corrected chi connectivity index (χ0v) is 5.31. The van der Waals surface area contributed by atoms with Crippen LogP contribution in [0.3, 0.4) is 0 Å². The van der Waals surface area contributed by atoms with Gasteiger partial charge in [0.25, 0.3) is 0 Å². The molecule has 1 aliphatic heterocycles. The van der Waals surface area contributed by atoms with Gasteiger partial charge in [-0.2, -0.15) is 0 Å². The Labute approximate surface area is 53.5 Å². The molecule has 9 heavy (non-hydrogen) atoms. The molecule has 2 atom stereocenters. The Kier molecular flexibility index (Phi) is 0.592. The minimum absolute atomic E-state index is 0.0249. The summed E-state index contributed by atoms with van der Waals surface area (Å²) in [7, 11) is 0. The van der Waals surface area contributed by atoms with Crippen LogP contribution in [0.1, 0.15) is 6.92 Å². The van der Waals surface area contributed by atoms with Gasteiger partial charge >= 0.3 is 5.97 Å². The molecule has 0 radical (unpaired) electrons. The SMILES string of the molecule is C=C1[C@@H]2C(=O)OC[C@]12C. The molecule has 0 N–H and O–H groups in total. The van der Waals surface area contributed by atoms with E-state index in [1.807, 2.05) is 6.92 Å². The number of rotatable bonds is 0. The van der Waals surface area contributed by atoms with Crippen LogP contribution in [0.5, 0.6) is 0 Å². The van der Waals surface area contributed by atoms with Crippen molar-refractivity contribution in [3.05, 3.63) is 12.2 Å². The van der Waals surface area contributed by atoms with Crippen molar-refractivity contribution < 1.29 is 9.53 Å². The summed E-state index contributed by atoms with van der Waals surface area (Å²) >= 11 is 0. The fourth-order valence-corrected chi connectivity index (χ4v) is 1.45. The first-order chi connectivity index (χ1) is 4.16. The van der Waals surface area contributed by atoms with Crippen LogP contribution < -0.4 is 0 Å². The lowest BCUT2D eigenvalue weighted by Gasteiger charge is -1.98. The summed E-state index contributed by atoms with van der Waals surface area (Å²) in [4.78, 5) is 10.7. The summed E-state index contributed by atoms with van der Waals surface area (Å²) < 4.78 is 4.79. The zero-order valence-electron chi connectivity index (χ0n) is 5.31. The van der Waals surface area contributed by atoms with Gasteiger partial charge in [-0.05, 0) is 0 Å². The molecule has 0 aromatic rings. The van der Waals surface area contributed by atoms with Crippen molar-refractivity contribution in [2.75, 3.05) is 6.61 Å². The van der Waals surface area contributed by atoms with E-state index in [9.17, 15) is 4.79 Å². The van der Waals surface area contributed by atoms with Gasteiger partial charge in [-0.1, -0.05) is 19.1 Å². The van der Waals surface area contributed by atoms with Crippen LogP contribution in [0, 0.1) is 11.3 Å². The number of hydrogen-bond donors (Lipinski definition) is 0. The first kappa shape index (κ1) is 5.03. The highest BCUT2D eigenvalue weighted by Crippen LogP contribution is 2.61. The van der Waals surface area contributed by atoms with E-state index in [-0.39, 0.29) is 17.3 Å². The van der Waals surface area contributed by atoms with Crippen molar-refractivity contribution in [3.63, 3.8) is 0 Å². The largest absolute Gasteiger partial charge is 0.464 e. The molecule has 1 aliphatic carbocycles. The molecular formula is C7H8O2. The Morgan fingerprint density at radius 1 is 1.89 bits per heavy atom. The van der Waals surface area contributed by atoms with Gasteiger partial charge in [0.2, 0.25) is 0 Å². The molecule has 0 amide bonds. The van der Waals surface area contributed by atoms with Gasteiger partial charge in [0.05, 0.1) is 5.92 Å². The van der Waals surface area contributed by atoms with Crippen LogP contribution in [-0.4, -0.2) is 12.6 Å². The van der Waals surface area contributed by atoms with Gasteiger partial charge in [0.15, 0.2) is 0 Å². The molecule has 1 saturated carbocycles. The fraction of sp³-hybridized carbons (Fsp3) is 0.571. The number of carbonyl (C=O) groups excluding carboxylic acids is 1. The van der Waals surface area contributed by atoms with E-state index in [4.69, 9.17) is 4.74 Å². The third-order valence-electron chi connectivity index (χ3n) is 2.39. The summed E-state index contributed by atoms with van der Waals surface area (Å²) in [6.07, 6.45) is 0. The summed E-state index contributed by atoms with van der Waals surface area (Å²) in [5.74, 6) is -0.0417. The summed E-state index contributed by atoms with van der Waals surface area (Å²) in [6.45, 7) is 6.34. The summed E-state index contributed by atoms with van der Waals surface area (Å²) in [5, 5.41) is 0. The van der Waals surface area contributed by atoms with Crippen LogP contribution in [-0.2, 0) is 9.53 Å². The quantitative estimate of drug-likeness (QED) is 0.351. The molecule has 2 fully saturated rings. The van der Waals surface area contributed by atoms with Crippen molar-refractivity contribution in [3.8, 4) is 0 Å². The molecule has 2 nitrogen and oxygen atoms in total. The van der Waals surface area contributed by atoms with Crippen LogP contribution in [0.4, 0.5) is 0 Å². The highest BCUT2D eigenvalue weighted by molar-refractivity contribution is 5.86. The number of carbonyl (C=O) groups is 1. The van der Waals surface area contributed by atoms with Crippen molar-refractivity contribution in [1.29, 1.82) is 0 Å². The first-order valence-corrected chi connectivity index (χ1v) is 3.02. The van der Waals surface area contributed by atoms with E-state index < -0.39 is 0 Å². The Bertz CT molecular complexity index is 199.